The smallest absolute Gasteiger partial charge is 0.309 e. The molecule has 0 bridgehead atoms. The van der Waals surface area contributed by atoms with Crippen LogP contribution in [0.4, 0.5) is 0 Å². The number of cyclic esters (lactones) is 1. The van der Waals surface area contributed by atoms with Gasteiger partial charge in [-0.2, -0.15) is 0 Å². The maximum Gasteiger partial charge on any atom is 0.309 e. The fourth-order valence-corrected chi connectivity index (χ4v) is 6.52. The number of halogens is 1. The van der Waals surface area contributed by atoms with Crippen LogP contribution >= 0.6 is 11.6 Å². The third-order valence-corrected chi connectivity index (χ3v) is 9.73. The van der Waals surface area contributed by atoms with E-state index in [0.29, 0.717) is 17.3 Å². The molecule has 3 heterocycles. The minimum Gasteiger partial charge on any atom is -0.457 e. The SMILES string of the molecule is CC[C@H](OC)[C@@H](C)C1O[C@@H]1C(NCc1ccc(Cl)nc1)C(C)(O)/C=C/C=C(\C)[C@H]1OC(=O)C[C@H](O)CC[C@@](C)(O)[C@@H](OC(C)=O)/C=C/[C@@H]1C. The van der Waals surface area contributed by atoms with Gasteiger partial charge in [-0.05, 0) is 63.3 Å². The van der Waals surface area contributed by atoms with Gasteiger partial charge in [0.2, 0.25) is 0 Å². The molecule has 11 atom stereocenters. The van der Waals surface area contributed by atoms with Crippen LogP contribution in [0, 0.1) is 11.8 Å². The molecule has 1 saturated heterocycles. The summed E-state index contributed by atoms with van der Waals surface area (Å²) in [6.07, 6.45) is 7.88. The molecule has 1 aromatic heterocycles. The zero-order chi connectivity index (χ0) is 36.5. The average molecular weight is 707 g/mol. The van der Waals surface area contributed by atoms with Gasteiger partial charge in [0.05, 0.1) is 36.4 Å². The van der Waals surface area contributed by atoms with Crippen LogP contribution < -0.4 is 5.32 Å². The predicted molar refractivity (Wildman–Crippen MR) is 187 cm³/mol. The van der Waals surface area contributed by atoms with Gasteiger partial charge in [0.15, 0.2) is 0 Å². The molecule has 1 fully saturated rings. The van der Waals surface area contributed by atoms with Crippen LogP contribution in [0.1, 0.15) is 79.7 Å². The molecule has 0 amide bonds. The molecule has 0 spiro atoms. The van der Waals surface area contributed by atoms with Gasteiger partial charge >= 0.3 is 11.9 Å². The van der Waals surface area contributed by atoms with Crippen molar-refractivity contribution in [2.45, 2.75) is 135 Å². The lowest BCUT2D eigenvalue weighted by Crippen LogP contribution is -2.52. The first-order valence-corrected chi connectivity index (χ1v) is 17.4. The van der Waals surface area contributed by atoms with E-state index in [0.717, 1.165) is 12.0 Å². The first-order chi connectivity index (χ1) is 23.0. The van der Waals surface area contributed by atoms with E-state index in [4.69, 9.17) is 30.5 Å². The van der Waals surface area contributed by atoms with Crippen LogP contribution in [-0.4, -0.2) is 93.2 Å². The highest BCUT2D eigenvalue weighted by atomic mass is 35.5. The summed E-state index contributed by atoms with van der Waals surface area (Å²) in [5, 5.41) is 37.3. The van der Waals surface area contributed by atoms with Crippen molar-refractivity contribution in [1.82, 2.24) is 10.3 Å². The second kappa shape index (κ2) is 18.0. The Morgan fingerprint density at radius 2 is 2.00 bits per heavy atom. The molecular formula is C37H55ClN2O9. The summed E-state index contributed by atoms with van der Waals surface area (Å²) in [7, 11) is 1.69. The molecule has 1 aromatic rings. The minimum atomic E-state index is -1.46. The Balaban J connectivity index is 1.87. The number of esters is 2. The number of nitrogens with one attached hydrogen (secondary N) is 1. The van der Waals surface area contributed by atoms with Crippen LogP contribution in [-0.2, 0) is 35.1 Å². The highest BCUT2D eigenvalue weighted by Crippen LogP contribution is 2.39. The summed E-state index contributed by atoms with van der Waals surface area (Å²) >= 11 is 5.97. The number of allylic oxidation sites excluding steroid dienone is 2. The molecule has 4 N–H and O–H groups in total. The summed E-state index contributed by atoms with van der Waals surface area (Å²) in [4.78, 5) is 28.8. The number of epoxide rings is 1. The van der Waals surface area contributed by atoms with Crippen molar-refractivity contribution in [3.8, 4) is 0 Å². The number of nitrogens with zero attached hydrogens (tertiary/aromatic N) is 1. The van der Waals surface area contributed by atoms with E-state index in [1.54, 1.807) is 56.7 Å². The van der Waals surface area contributed by atoms with Crippen molar-refractivity contribution in [2.75, 3.05) is 7.11 Å². The summed E-state index contributed by atoms with van der Waals surface area (Å²) in [6.45, 7) is 12.8. The average Bonchev–Trinajstić information content (AvgIpc) is 3.81. The molecular weight excluding hydrogens is 652 g/mol. The number of pyridine rings is 1. The number of aliphatic hydroxyl groups is 3. The van der Waals surface area contributed by atoms with Crippen molar-refractivity contribution >= 4 is 23.5 Å². The van der Waals surface area contributed by atoms with Crippen LogP contribution in [0.5, 0.6) is 0 Å². The number of aromatic nitrogens is 1. The topological polar surface area (TPSA) is 160 Å². The molecule has 3 rings (SSSR count). The number of rotatable bonds is 13. The first kappa shape index (κ1) is 40.8. The summed E-state index contributed by atoms with van der Waals surface area (Å²) < 4.78 is 23.1. The number of ether oxygens (including phenoxy) is 4. The standard InChI is InChI=1S/C37H55ClN2O9/c1-9-28(46-8)24(4)33-34(49-33)35(40-21-26-13-15-30(38)39-20-26)37(7,45)17-10-11-22(2)32-23(3)12-14-29(47-25(5)41)36(6,44)18-16-27(42)19-31(43)48-32/h10-15,17,20,23-24,27-29,32-35,40,42,44-45H,9,16,18-19,21H2,1-8H3/b14-12+,17-10+,22-11+/t23-,24+,27+,28-,29-,32+,33?,34-,35?,36+,37?/m0/s1. The normalized spacial score (nSPS) is 32.2. The van der Waals surface area contributed by atoms with E-state index in [9.17, 15) is 24.9 Å². The number of carbonyl (C=O) groups excluding carboxylic acids is 2. The molecule has 0 aromatic carbocycles. The molecule has 0 aliphatic carbocycles. The molecule has 2 aliphatic heterocycles. The largest absolute Gasteiger partial charge is 0.457 e. The van der Waals surface area contributed by atoms with Crippen molar-refractivity contribution < 1.29 is 43.9 Å². The second-order valence-corrected chi connectivity index (χ2v) is 14.3. The Morgan fingerprint density at radius 3 is 2.61 bits per heavy atom. The maximum atomic E-state index is 12.9. The number of hydrogen-bond donors (Lipinski definition) is 4. The Bertz CT molecular complexity index is 1330. The molecule has 49 heavy (non-hydrogen) atoms. The molecule has 3 unspecified atom stereocenters. The van der Waals surface area contributed by atoms with E-state index in [1.807, 2.05) is 19.9 Å². The van der Waals surface area contributed by atoms with E-state index < -0.39 is 53.4 Å². The van der Waals surface area contributed by atoms with Crippen LogP contribution in [0.3, 0.4) is 0 Å². The van der Waals surface area contributed by atoms with E-state index in [-0.39, 0.29) is 43.5 Å². The summed E-state index contributed by atoms with van der Waals surface area (Å²) in [5.74, 6) is -1.41. The highest BCUT2D eigenvalue weighted by Gasteiger charge is 2.54. The van der Waals surface area contributed by atoms with Crippen molar-refractivity contribution in [2.24, 2.45) is 11.8 Å². The van der Waals surface area contributed by atoms with Gasteiger partial charge in [-0.3, -0.25) is 9.59 Å². The van der Waals surface area contributed by atoms with Gasteiger partial charge in [0.25, 0.3) is 0 Å². The molecule has 0 saturated carbocycles. The van der Waals surface area contributed by atoms with Crippen LogP contribution in [0.15, 0.2) is 54.3 Å². The lowest BCUT2D eigenvalue weighted by Gasteiger charge is -2.32. The highest BCUT2D eigenvalue weighted by molar-refractivity contribution is 6.29. The molecule has 11 nitrogen and oxygen atoms in total. The van der Waals surface area contributed by atoms with Gasteiger partial charge in [0, 0.05) is 38.6 Å². The molecule has 2 aliphatic rings. The van der Waals surface area contributed by atoms with E-state index in [1.165, 1.54) is 13.8 Å². The number of carbonyl (C=O) groups is 2. The summed E-state index contributed by atoms with van der Waals surface area (Å²) in [5.41, 5.74) is -1.26. The number of methoxy groups -OCH3 is 1. The lowest BCUT2D eigenvalue weighted by molar-refractivity contribution is -0.157. The van der Waals surface area contributed by atoms with Gasteiger partial charge in [0.1, 0.15) is 29.1 Å². The van der Waals surface area contributed by atoms with Crippen LogP contribution in [0.25, 0.3) is 0 Å². The Morgan fingerprint density at radius 1 is 1.29 bits per heavy atom. The van der Waals surface area contributed by atoms with Gasteiger partial charge in [-0.15, -0.1) is 0 Å². The fraction of sp³-hybridized carbons (Fsp3) is 0.649. The predicted octanol–water partition coefficient (Wildman–Crippen LogP) is 4.61. The second-order valence-electron chi connectivity index (χ2n) is 13.9. The van der Waals surface area contributed by atoms with Crippen molar-refractivity contribution in [1.29, 1.82) is 0 Å². The van der Waals surface area contributed by atoms with E-state index in [2.05, 4.69) is 24.1 Å². The maximum absolute atomic E-state index is 12.9. The fourth-order valence-electron chi connectivity index (χ4n) is 6.41. The van der Waals surface area contributed by atoms with Gasteiger partial charge in [-0.25, -0.2) is 4.98 Å². The minimum absolute atomic E-state index is 0.0171. The zero-order valence-corrected chi connectivity index (χ0v) is 30.7. The Hall–Kier alpha value is -2.64. The quantitative estimate of drug-likeness (QED) is 0.0746. The molecule has 12 heteroatoms. The third kappa shape index (κ3) is 12.0. The Kier molecular flexibility index (Phi) is 15.0. The summed E-state index contributed by atoms with van der Waals surface area (Å²) in [6, 6.07) is 3.09. The van der Waals surface area contributed by atoms with E-state index >= 15 is 0 Å². The van der Waals surface area contributed by atoms with Crippen molar-refractivity contribution in [3.05, 3.63) is 65.0 Å². The lowest BCUT2D eigenvalue weighted by atomic mass is 9.87. The monoisotopic (exact) mass is 706 g/mol. The third-order valence-electron chi connectivity index (χ3n) is 9.50. The Labute approximate surface area is 295 Å². The first-order valence-electron chi connectivity index (χ1n) is 17.0. The molecule has 274 valence electrons. The van der Waals surface area contributed by atoms with Gasteiger partial charge < -0.3 is 39.6 Å². The zero-order valence-electron chi connectivity index (χ0n) is 30.0. The molecule has 0 radical (unpaired) electrons. The number of hydrogen-bond acceptors (Lipinski definition) is 11. The van der Waals surface area contributed by atoms with Crippen molar-refractivity contribution in [3.63, 3.8) is 0 Å². The van der Waals surface area contributed by atoms with Crippen LogP contribution in [0.2, 0.25) is 5.15 Å². The van der Waals surface area contributed by atoms with Gasteiger partial charge in [-0.1, -0.05) is 62.7 Å². The number of aliphatic hydroxyl groups excluding tert-OH is 1.